The van der Waals surface area contributed by atoms with Gasteiger partial charge in [-0.2, -0.15) is 0 Å². The minimum Gasteiger partial charge on any atom is -0.480 e. The van der Waals surface area contributed by atoms with Crippen LogP contribution in [-0.4, -0.2) is 350 Å². The molecule has 0 aromatic rings. The van der Waals surface area contributed by atoms with E-state index in [1.165, 1.54) is 0 Å². The molecule has 374 valence electrons. The van der Waals surface area contributed by atoms with Gasteiger partial charge in [-0.3, -0.25) is 91.6 Å². The van der Waals surface area contributed by atoms with Crippen molar-refractivity contribution in [3.8, 4) is 0 Å². The van der Waals surface area contributed by atoms with Crippen molar-refractivity contribution in [1.82, 2.24) is 29.4 Å². The van der Waals surface area contributed by atoms with Crippen LogP contribution in [0.5, 0.6) is 0 Å². The van der Waals surface area contributed by atoms with Gasteiger partial charge >= 0.3 is 71.6 Å². The standard InChI is InChI=1S/3C10H16N2O8.4Al.FH.12H/c3*13-7(14)3-11(4-8(15)16)1-2-12(5-9(17)18)6-10(19)20;;;;;;;;;;;;;;;;;/h3*1-6H2,(H,13,14)(H,15,16)(H,17,18)(H,19,20);;;;;1H;;;;;;;;;;;;. The Morgan fingerprint density at radius 3 is 0.308 bits per heavy atom. The second-order valence-corrected chi connectivity index (χ2v) is 12.0. The van der Waals surface area contributed by atoms with Crippen molar-refractivity contribution in [2.45, 2.75) is 0 Å². The van der Waals surface area contributed by atoms with Crippen LogP contribution in [0.25, 0.3) is 0 Å². The highest BCUT2D eigenvalue weighted by atomic mass is 27.0. The molecule has 0 aliphatic carbocycles. The Labute approximate surface area is 410 Å². The summed E-state index contributed by atoms with van der Waals surface area (Å²) in [4.78, 5) is 133. The van der Waals surface area contributed by atoms with Crippen molar-refractivity contribution in [3.63, 3.8) is 0 Å². The van der Waals surface area contributed by atoms with Gasteiger partial charge in [-0.05, 0) is 0 Å². The molecule has 30 nitrogen and oxygen atoms in total. The fourth-order valence-electron chi connectivity index (χ4n) is 4.43. The molecule has 12 N–H and O–H groups in total. The third kappa shape index (κ3) is 57.4. The molecule has 0 saturated carbocycles. The van der Waals surface area contributed by atoms with Crippen LogP contribution in [0.1, 0.15) is 0 Å². The Morgan fingerprint density at radius 1 is 0.200 bits per heavy atom. The number of carboxylic acids is 12. The van der Waals surface area contributed by atoms with Crippen molar-refractivity contribution in [3.05, 3.63) is 0 Å². The lowest BCUT2D eigenvalue weighted by atomic mass is 10.4. The molecule has 0 aliphatic heterocycles. The molecule has 0 heterocycles. The van der Waals surface area contributed by atoms with Gasteiger partial charge < -0.3 is 61.3 Å². The molecule has 65 heavy (non-hydrogen) atoms. The molecule has 0 radical (unpaired) electrons. The lowest BCUT2D eigenvalue weighted by Gasteiger charge is -2.23. The van der Waals surface area contributed by atoms with E-state index in [0.717, 1.165) is 29.4 Å². The van der Waals surface area contributed by atoms with Crippen LogP contribution in [0, 0.1) is 0 Å². The molecule has 0 aromatic heterocycles. The molecular weight excluding hydrogens is 955 g/mol. The number of rotatable bonds is 33. The minimum absolute atomic E-state index is 0. The van der Waals surface area contributed by atoms with E-state index in [9.17, 15) is 57.5 Å². The number of nitrogens with zero attached hydrogens (tertiary/aromatic N) is 6. The lowest BCUT2D eigenvalue weighted by Crippen LogP contribution is -2.43. The summed E-state index contributed by atoms with van der Waals surface area (Å²) in [6.07, 6.45) is 0. The molecule has 0 atom stereocenters. The van der Waals surface area contributed by atoms with Crippen LogP contribution in [0.2, 0.25) is 0 Å². The fourth-order valence-corrected chi connectivity index (χ4v) is 4.43. The highest BCUT2D eigenvalue weighted by Gasteiger charge is 2.21. The Bertz CT molecular complexity index is 1150. The van der Waals surface area contributed by atoms with Gasteiger partial charge in [0.05, 0.1) is 78.5 Å². The van der Waals surface area contributed by atoms with Crippen LogP contribution >= 0.6 is 0 Å². The van der Waals surface area contributed by atoms with Crippen LogP contribution in [-0.2, 0) is 57.5 Å². The second kappa shape index (κ2) is 44.7. The Kier molecular flexibility index (Phi) is 53.4. The SMILES string of the molecule is F.O=C(O)CN(CCN(CC(=O)O)CC(=O)O)CC(=O)O.O=C(O)CN(CCN(CC(=O)O)CC(=O)O)CC(=O)O.O=C(O)CN(CCN(CC(=O)O)CC(=O)O)CC(=O)O.[AlH3].[AlH3].[AlH3].[AlH3]. The zero-order valence-electron chi connectivity index (χ0n) is 32.1. The molecule has 0 fully saturated rings. The van der Waals surface area contributed by atoms with Crippen molar-refractivity contribution in [2.75, 3.05) is 118 Å². The van der Waals surface area contributed by atoms with Gasteiger partial charge in [0.1, 0.15) is 0 Å². The first-order chi connectivity index (χ1) is 27.6. The zero-order valence-corrected chi connectivity index (χ0v) is 32.1. The van der Waals surface area contributed by atoms with Crippen LogP contribution < -0.4 is 0 Å². The van der Waals surface area contributed by atoms with Crippen molar-refractivity contribution < 1.29 is 124 Å². The molecule has 0 unspecified atom stereocenters. The number of carbonyl (C=O) groups is 12. The maximum Gasteiger partial charge on any atom is 0.317 e. The molecule has 0 spiro atoms. The molecule has 35 heteroatoms. The summed E-state index contributed by atoms with van der Waals surface area (Å²) in [6.45, 7) is -6.75. The lowest BCUT2D eigenvalue weighted by molar-refractivity contribution is -0.145. The van der Waals surface area contributed by atoms with Gasteiger partial charge in [0.2, 0.25) is 0 Å². The predicted molar refractivity (Wildman–Crippen MR) is 233 cm³/mol. The molecule has 0 rings (SSSR count). The maximum atomic E-state index is 10.6. The van der Waals surface area contributed by atoms with Gasteiger partial charge in [0.15, 0.2) is 69.4 Å². The third-order valence-corrected chi connectivity index (χ3v) is 6.50. The first kappa shape index (κ1) is 77.7. The summed E-state index contributed by atoms with van der Waals surface area (Å²) in [5, 5.41) is 103. The van der Waals surface area contributed by atoms with E-state index in [0.29, 0.717) is 0 Å². The van der Waals surface area contributed by atoms with E-state index in [4.69, 9.17) is 61.3 Å². The van der Waals surface area contributed by atoms with Gasteiger partial charge in [-0.1, -0.05) is 0 Å². The fraction of sp³-hybridized carbons (Fsp3) is 0.600. The molecular formula is C30H61Al4FN6O24. The van der Waals surface area contributed by atoms with Gasteiger partial charge in [-0.15, -0.1) is 0 Å². The largest absolute Gasteiger partial charge is 0.480 e. The smallest absolute Gasteiger partial charge is 0.317 e. The zero-order chi connectivity index (χ0) is 47.1. The van der Waals surface area contributed by atoms with E-state index in [1.807, 2.05) is 0 Å². The first-order valence-corrected chi connectivity index (χ1v) is 16.6. The van der Waals surface area contributed by atoms with E-state index >= 15 is 0 Å². The topological polar surface area (TPSA) is 467 Å². The van der Waals surface area contributed by atoms with E-state index < -0.39 is 150 Å². The highest BCUT2D eigenvalue weighted by molar-refractivity contribution is 5.77. The quantitative estimate of drug-likeness (QED) is 0.0272. The van der Waals surface area contributed by atoms with E-state index in [2.05, 4.69) is 0 Å². The van der Waals surface area contributed by atoms with Crippen LogP contribution in [0.4, 0.5) is 4.70 Å². The Morgan fingerprint density at radius 2 is 0.262 bits per heavy atom. The number of hydrogen-bond acceptors (Lipinski definition) is 18. The number of carboxylic acid groups (broad SMARTS) is 12. The summed E-state index contributed by atoms with van der Waals surface area (Å²) in [5.74, 6) is -14.7. The predicted octanol–water partition coefficient (Wildman–Crippen LogP) is -10.8. The summed E-state index contributed by atoms with van der Waals surface area (Å²) < 4.78 is 0. The van der Waals surface area contributed by atoms with Gasteiger partial charge in [-0.25, -0.2) is 0 Å². The van der Waals surface area contributed by atoms with E-state index in [-0.39, 0.29) is 113 Å². The Hall–Kier alpha value is -4.54. The summed E-state index contributed by atoms with van der Waals surface area (Å²) in [6, 6.07) is 0. The highest BCUT2D eigenvalue weighted by Crippen LogP contribution is 1.97. The van der Waals surface area contributed by atoms with Gasteiger partial charge in [0, 0.05) is 39.3 Å². The number of aliphatic carboxylic acids is 12. The molecule has 0 aromatic carbocycles. The van der Waals surface area contributed by atoms with Crippen molar-refractivity contribution in [1.29, 1.82) is 0 Å². The van der Waals surface area contributed by atoms with Crippen molar-refractivity contribution in [2.24, 2.45) is 0 Å². The average Bonchev–Trinajstić information content (AvgIpc) is 3.02. The normalized spacial score (nSPS) is 9.88. The average molecular weight is 1020 g/mol. The monoisotopic (exact) mass is 1020 g/mol. The van der Waals surface area contributed by atoms with Crippen molar-refractivity contribution >= 4 is 141 Å². The third-order valence-electron chi connectivity index (χ3n) is 6.50. The molecule has 0 saturated heterocycles. The maximum absolute atomic E-state index is 10.6. The van der Waals surface area contributed by atoms with Crippen LogP contribution in [0.15, 0.2) is 0 Å². The molecule has 0 amide bonds. The number of hydrogen-bond donors (Lipinski definition) is 12. The summed E-state index contributed by atoms with van der Waals surface area (Å²) in [5.41, 5.74) is 0. The van der Waals surface area contributed by atoms with E-state index in [1.54, 1.807) is 0 Å². The van der Waals surface area contributed by atoms with Gasteiger partial charge in [0.25, 0.3) is 0 Å². The minimum atomic E-state index is -1.23. The summed E-state index contributed by atoms with van der Waals surface area (Å²) in [7, 11) is 0. The molecule has 0 aliphatic rings. The number of halogens is 1. The van der Waals surface area contributed by atoms with Crippen LogP contribution in [0.3, 0.4) is 0 Å². The summed E-state index contributed by atoms with van der Waals surface area (Å²) >= 11 is 0. The molecule has 0 bridgehead atoms. The first-order valence-electron chi connectivity index (χ1n) is 16.6. The second-order valence-electron chi connectivity index (χ2n) is 12.0. The Balaban J connectivity index is -0.000000120.